The normalized spacial score (nSPS) is 19.2. The van der Waals surface area contributed by atoms with Crippen molar-refractivity contribution >= 4 is 23.9 Å². The number of imide groups is 1. The summed E-state index contributed by atoms with van der Waals surface area (Å²) in [6, 6.07) is 17.4. The van der Waals surface area contributed by atoms with Crippen molar-refractivity contribution in [1.29, 1.82) is 0 Å². The minimum atomic E-state index is -1.18. The summed E-state index contributed by atoms with van der Waals surface area (Å²) in [7, 11) is 0. The Hall–Kier alpha value is -3.60. The molecule has 0 radical (unpaired) electrons. The summed E-state index contributed by atoms with van der Waals surface area (Å²) in [4.78, 5) is 60.6. The molecule has 1 aliphatic rings. The van der Waals surface area contributed by atoms with Gasteiger partial charge < -0.3 is 14.8 Å². The minimum Gasteiger partial charge on any atom is -0.456 e. The van der Waals surface area contributed by atoms with Crippen LogP contribution in [-0.4, -0.2) is 59.6 Å². The van der Waals surface area contributed by atoms with E-state index in [2.05, 4.69) is 10.8 Å². The van der Waals surface area contributed by atoms with Gasteiger partial charge in [0.1, 0.15) is 18.8 Å². The van der Waals surface area contributed by atoms with Crippen LogP contribution in [0.3, 0.4) is 0 Å². The van der Waals surface area contributed by atoms with Gasteiger partial charge in [0.25, 0.3) is 0 Å². The number of esters is 1. The third-order valence-electron chi connectivity index (χ3n) is 7.32. The summed E-state index contributed by atoms with van der Waals surface area (Å²) in [6.07, 6.45) is 1.81. The largest absolute Gasteiger partial charge is 0.524 e. The highest BCUT2D eigenvalue weighted by Crippen LogP contribution is 2.30. The summed E-state index contributed by atoms with van der Waals surface area (Å²) in [5.41, 5.74) is 3.20. The summed E-state index contributed by atoms with van der Waals surface area (Å²) in [5.74, 6) is -2.53. The lowest BCUT2D eigenvalue weighted by Crippen LogP contribution is -2.74. The van der Waals surface area contributed by atoms with E-state index in [9.17, 15) is 19.2 Å². The fraction of sp³-hybridized carbons (Fsp3) is 0.515. The molecule has 2 aromatic rings. The molecule has 0 aliphatic carbocycles. The first-order valence-electron chi connectivity index (χ1n) is 15.1. The van der Waals surface area contributed by atoms with E-state index in [1.807, 2.05) is 67.6 Å². The SMILES string of the molecule is CCCCC[C@H](CC(=O)NOCc1ccccc1)C(=O)[N@@+]1(C(=O)OC(C)(C)C)CCNCC1C(=O)OCc1ccccc1. The first kappa shape index (κ1) is 33.9. The Morgan fingerprint density at radius 1 is 0.953 bits per heavy atom. The third-order valence-corrected chi connectivity index (χ3v) is 7.32. The number of hydrogen-bond donors (Lipinski definition) is 2. The van der Waals surface area contributed by atoms with Crippen LogP contribution in [0.4, 0.5) is 4.79 Å². The Labute approximate surface area is 254 Å². The summed E-state index contributed by atoms with van der Waals surface area (Å²) in [5, 5.41) is 3.14. The van der Waals surface area contributed by atoms with E-state index < -0.39 is 45.9 Å². The molecule has 234 valence electrons. The predicted molar refractivity (Wildman–Crippen MR) is 161 cm³/mol. The predicted octanol–water partition coefficient (Wildman–Crippen LogP) is 4.81. The van der Waals surface area contributed by atoms with E-state index in [4.69, 9.17) is 14.3 Å². The number of carbonyl (C=O) groups excluding carboxylic acids is 4. The molecule has 1 unspecified atom stereocenters. The number of benzene rings is 2. The third kappa shape index (κ3) is 9.98. The van der Waals surface area contributed by atoms with Gasteiger partial charge in [-0.3, -0.25) is 9.63 Å². The lowest BCUT2D eigenvalue weighted by atomic mass is 9.93. The number of carbonyl (C=O) groups is 4. The summed E-state index contributed by atoms with van der Waals surface area (Å²) >= 11 is 0. The van der Waals surface area contributed by atoms with Crippen molar-refractivity contribution in [2.75, 3.05) is 19.6 Å². The van der Waals surface area contributed by atoms with Crippen LogP contribution in [0.2, 0.25) is 0 Å². The molecule has 3 atom stereocenters. The number of ether oxygens (including phenoxy) is 2. The monoisotopic (exact) mass is 596 g/mol. The second-order valence-corrected chi connectivity index (χ2v) is 11.9. The number of piperazine rings is 1. The molecule has 0 spiro atoms. The lowest BCUT2D eigenvalue weighted by Gasteiger charge is -2.42. The smallest absolute Gasteiger partial charge is 0.456 e. The zero-order chi connectivity index (χ0) is 31.3. The van der Waals surface area contributed by atoms with Crippen LogP contribution in [0.15, 0.2) is 60.7 Å². The van der Waals surface area contributed by atoms with E-state index in [0.29, 0.717) is 19.4 Å². The van der Waals surface area contributed by atoms with Gasteiger partial charge in [-0.05, 0) is 38.3 Å². The first-order chi connectivity index (χ1) is 20.6. The van der Waals surface area contributed by atoms with Gasteiger partial charge >= 0.3 is 18.0 Å². The molecule has 43 heavy (non-hydrogen) atoms. The van der Waals surface area contributed by atoms with Crippen molar-refractivity contribution in [3.05, 3.63) is 71.8 Å². The lowest BCUT2D eigenvalue weighted by molar-refractivity contribution is -0.806. The average molecular weight is 597 g/mol. The molecule has 2 N–H and O–H groups in total. The van der Waals surface area contributed by atoms with Crippen LogP contribution in [0, 0.1) is 5.92 Å². The zero-order valence-electron chi connectivity index (χ0n) is 25.8. The maximum absolute atomic E-state index is 14.6. The quantitative estimate of drug-likeness (QED) is 0.146. The Morgan fingerprint density at radius 2 is 1.58 bits per heavy atom. The van der Waals surface area contributed by atoms with Crippen LogP contribution < -0.4 is 10.8 Å². The van der Waals surface area contributed by atoms with Gasteiger partial charge in [-0.15, -0.1) is 4.48 Å². The number of unbranched alkanes of at least 4 members (excludes halogenated alkanes) is 2. The van der Waals surface area contributed by atoms with E-state index >= 15 is 0 Å². The van der Waals surface area contributed by atoms with Crippen LogP contribution in [-0.2, 0) is 41.9 Å². The van der Waals surface area contributed by atoms with Gasteiger partial charge in [-0.2, -0.15) is 4.79 Å². The second-order valence-electron chi connectivity index (χ2n) is 11.9. The Bertz CT molecular complexity index is 1200. The van der Waals surface area contributed by atoms with Gasteiger partial charge in [-0.1, -0.05) is 86.8 Å². The molecule has 10 heteroatoms. The molecule has 0 aromatic heterocycles. The fourth-order valence-corrected chi connectivity index (χ4v) is 5.13. The summed E-state index contributed by atoms with van der Waals surface area (Å²) < 4.78 is 10.6. The molecular formula is C33H46N3O7+. The number of nitrogens with zero attached hydrogens (tertiary/aromatic N) is 1. The number of nitrogens with one attached hydrogen (secondary N) is 2. The number of hydroxylamine groups is 1. The van der Waals surface area contributed by atoms with Crippen molar-refractivity contribution in [3.63, 3.8) is 0 Å². The number of amides is 3. The standard InChI is InChI=1S/C33H45N3O7/c1-5-6-9-18-27(21-29(37)35-42-24-26-16-12-8-13-17-26)30(38)36(32(40)43-33(2,3)4)20-19-34-22-28(36)31(39)41-23-25-14-10-7-11-15-25/h7-8,10-17,27-28,34H,5-6,9,18-24H2,1-4H3/p+1/t27-,28?,36-/m1/s1. The number of rotatable bonds is 13. The first-order valence-corrected chi connectivity index (χ1v) is 15.1. The molecule has 3 amide bonds. The van der Waals surface area contributed by atoms with Crippen molar-refractivity contribution in [1.82, 2.24) is 10.8 Å². The highest BCUT2D eigenvalue weighted by molar-refractivity contribution is 5.90. The van der Waals surface area contributed by atoms with E-state index in [1.165, 1.54) is 0 Å². The second kappa shape index (κ2) is 16.3. The van der Waals surface area contributed by atoms with Gasteiger partial charge in [-0.25, -0.2) is 15.1 Å². The van der Waals surface area contributed by atoms with E-state index in [1.54, 1.807) is 20.8 Å². The molecule has 1 heterocycles. The highest BCUT2D eigenvalue weighted by Gasteiger charge is 2.60. The zero-order valence-corrected chi connectivity index (χ0v) is 25.8. The van der Waals surface area contributed by atoms with Crippen molar-refractivity contribution < 1.29 is 38.0 Å². The van der Waals surface area contributed by atoms with E-state index in [0.717, 1.165) is 24.0 Å². The highest BCUT2D eigenvalue weighted by atomic mass is 16.6. The minimum absolute atomic E-state index is 0.000228. The van der Waals surface area contributed by atoms with Gasteiger partial charge in [0.15, 0.2) is 0 Å². The molecule has 2 aromatic carbocycles. The van der Waals surface area contributed by atoms with Gasteiger partial charge in [0, 0.05) is 13.0 Å². The Morgan fingerprint density at radius 3 is 2.19 bits per heavy atom. The molecule has 1 aliphatic heterocycles. The average Bonchev–Trinajstić information content (AvgIpc) is 2.99. The maximum atomic E-state index is 14.6. The van der Waals surface area contributed by atoms with Crippen molar-refractivity contribution in [3.8, 4) is 0 Å². The Balaban J connectivity index is 1.87. The number of quaternary nitrogens is 1. The van der Waals surface area contributed by atoms with Crippen molar-refractivity contribution in [2.24, 2.45) is 5.92 Å². The summed E-state index contributed by atoms with van der Waals surface area (Å²) in [6.45, 7) is 7.71. The van der Waals surface area contributed by atoms with E-state index in [-0.39, 0.29) is 32.7 Å². The molecule has 1 saturated heterocycles. The maximum Gasteiger partial charge on any atom is 0.524 e. The van der Waals surface area contributed by atoms with Gasteiger partial charge in [0.05, 0.1) is 19.1 Å². The number of hydrogen-bond acceptors (Lipinski definition) is 8. The Kier molecular flexibility index (Phi) is 12.9. The van der Waals surface area contributed by atoms with Crippen LogP contribution >= 0.6 is 0 Å². The molecule has 0 saturated carbocycles. The van der Waals surface area contributed by atoms with Gasteiger partial charge in [0.2, 0.25) is 11.9 Å². The molecule has 10 nitrogen and oxygen atoms in total. The van der Waals surface area contributed by atoms with Crippen molar-refractivity contribution in [2.45, 2.75) is 84.7 Å². The van der Waals surface area contributed by atoms with Crippen LogP contribution in [0.25, 0.3) is 0 Å². The topological polar surface area (TPSA) is 120 Å². The van der Waals surface area contributed by atoms with Crippen LogP contribution in [0.1, 0.15) is 70.9 Å². The molecule has 3 rings (SSSR count). The fourth-order valence-electron chi connectivity index (χ4n) is 5.13. The molecule has 1 fully saturated rings. The molecule has 0 bridgehead atoms. The van der Waals surface area contributed by atoms with Crippen LogP contribution in [0.5, 0.6) is 0 Å². The molecular weight excluding hydrogens is 550 g/mol.